The van der Waals surface area contributed by atoms with Crippen LogP contribution in [0.25, 0.3) is 0 Å². The van der Waals surface area contributed by atoms with Crippen molar-refractivity contribution in [2.24, 2.45) is 17.8 Å². The van der Waals surface area contributed by atoms with E-state index in [9.17, 15) is 45.9 Å². The first-order valence-electron chi connectivity index (χ1n) is 16.1. The van der Waals surface area contributed by atoms with Crippen molar-refractivity contribution >= 4 is 29.6 Å². The molecule has 1 aromatic rings. The predicted octanol–water partition coefficient (Wildman–Crippen LogP) is 4.29. The second-order valence-electron chi connectivity index (χ2n) is 12.9. The number of ether oxygens (including phenoxy) is 2. The molecule has 2 saturated heterocycles. The Morgan fingerprint density at radius 3 is 1.94 bits per heavy atom. The molecule has 0 unspecified atom stereocenters. The Bertz CT molecular complexity index is 1420. The molecule has 2 aliphatic rings. The number of imide groups is 1. The third kappa shape index (κ3) is 9.34. The van der Waals surface area contributed by atoms with E-state index in [1.807, 2.05) is 0 Å². The third-order valence-corrected chi connectivity index (χ3v) is 8.13. The fourth-order valence-corrected chi connectivity index (χ4v) is 5.43. The first-order chi connectivity index (χ1) is 22.8. The van der Waals surface area contributed by atoms with Crippen LogP contribution in [0.2, 0.25) is 0 Å². The lowest BCUT2D eigenvalue weighted by Gasteiger charge is -2.35. The van der Waals surface area contributed by atoms with Crippen molar-refractivity contribution in [3.05, 3.63) is 46.8 Å². The van der Waals surface area contributed by atoms with Crippen LogP contribution in [0.3, 0.4) is 0 Å². The van der Waals surface area contributed by atoms with Gasteiger partial charge in [0.05, 0.1) is 24.8 Å². The van der Waals surface area contributed by atoms with Crippen LogP contribution in [0.15, 0.2) is 35.7 Å². The molecule has 11 nitrogen and oxygen atoms in total. The van der Waals surface area contributed by atoms with E-state index in [4.69, 9.17) is 9.47 Å². The van der Waals surface area contributed by atoms with E-state index in [1.165, 1.54) is 52.0 Å². The topological polar surface area (TPSA) is 134 Å². The molecule has 272 valence electrons. The van der Waals surface area contributed by atoms with Crippen molar-refractivity contribution in [1.82, 2.24) is 20.4 Å². The number of halogens is 5. The average molecular weight is 703 g/mol. The van der Waals surface area contributed by atoms with Crippen LogP contribution in [0.5, 0.6) is 0 Å². The molecule has 0 bridgehead atoms. The molecule has 2 heterocycles. The summed E-state index contributed by atoms with van der Waals surface area (Å²) in [5, 5.41) is 4.74. The zero-order valence-electron chi connectivity index (χ0n) is 28.3. The Balaban J connectivity index is 1.82. The minimum Gasteiger partial charge on any atom is -0.422 e. The highest BCUT2D eigenvalue weighted by Gasteiger charge is 2.64. The maximum Gasteiger partial charge on any atom is 0.461 e. The quantitative estimate of drug-likeness (QED) is 0.198. The van der Waals surface area contributed by atoms with Crippen molar-refractivity contribution in [1.29, 1.82) is 0 Å². The summed E-state index contributed by atoms with van der Waals surface area (Å²) in [6.07, 6.45) is -5.93. The highest BCUT2D eigenvalue weighted by Crippen LogP contribution is 2.45. The SMILES string of the molecule is CC(C)C(=O)O/C(=C(\C(C)C)N1CCC[C@H]1C(=O)NC(=O)[C@@H](NC(=O)c1ccc(C(=O)N2CCOCC2)cc1)C(C)C)C(F)(F)C(F)(F)F. The molecule has 0 radical (unpaired) electrons. The fourth-order valence-electron chi connectivity index (χ4n) is 5.43. The number of carbonyl (C=O) groups is 5. The number of allylic oxidation sites excluding steroid dienone is 2. The second-order valence-corrected chi connectivity index (χ2v) is 12.9. The zero-order valence-corrected chi connectivity index (χ0v) is 28.3. The highest BCUT2D eigenvalue weighted by molar-refractivity contribution is 6.03. The molecule has 0 aliphatic carbocycles. The second kappa shape index (κ2) is 16.1. The number of alkyl halides is 5. The minimum atomic E-state index is -6.12. The highest BCUT2D eigenvalue weighted by atomic mass is 19.4. The first kappa shape index (κ1) is 39.4. The van der Waals surface area contributed by atoms with Gasteiger partial charge in [0.25, 0.3) is 11.8 Å². The summed E-state index contributed by atoms with van der Waals surface area (Å²) in [6, 6.07) is 3.17. The largest absolute Gasteiger partial charge is 0.461 e. The van der Waals surface area contributed by atoms with Gasteiger partial charge in [0.2, 0.25) is 17.6 Å². The lowest BCUT2D eigenvalue weighted by molar-refractivity contribution is -0.277. The predicted molar refractivity (Wildman–Crippen MR) is 166 cm³/mol. The summed E-state index contributed by atoms with van der Waals surface area (Å²) in [5.41, 5.74) is -0.204. The van der Waals surface area contributed by atoms with Gasteiger partial charge in [-0.2, -0.15) is 22.0 Å². The maximum absolute atomic E-state index is 14.9. The van der Waals surface area contributed by atoms with E-state index in [0.29, 0.717) is 31.9 Å². The lowest BCUT2D eigenvalue weighted by Crippen LogP contribution is -2.54. The summed E-state index contributed by atoms with van der Waals surface area (Å²) < 4.78 is 80.7. The summed E-state index contributed by atoms with van der Waals surface area (Å²) >= 11 is 0. The Hall–Kier alpha value is -4.08. The smallest absolute Gasteiger partial charge is 0.422 e. The molecule has 2 atom stereocenters. The van der Waals surface area contributed by atoms with Crippen molar-refractivity contribution in [2.75, 3.05) is 32.8 Å². The molecule has 2 fully saturated rings. The van der Waals surface area contributed by atoms with Crippen LogP contribution < -0.4 is 10.6 Å². The lowest BCUT2D eigenvalue weighted by atomic mass is 10.0. The van der Waals surface area contributed by atoms with Gasteiger partial charge in [-0.1, -0.05) is 41.5 Å². The van der Waals surface area contributed by atoms with Crippen molar-refractivity contribution < 1.29 is 55.4 Å². The number of amides is 4. The van der Waals surface area contributed by atoms with Crippen molar-refractivity contribution in [2.45, 2.75) is 78.6 Å². The van der Waals surface area contributed by atoms with E-state index in [-0.39, 0.29) is 30.9 Å². The number of esters is 1. The summed E-state index contributed by atoms with van der Waals surface area (Å²) in [7, 11) is 0. The summed E-state index contributed by atoms with van der Waals surface area (Å²) in [5.74, 6) is -14.3. The average Bonchev–Trinajstić information content (AvgIpc) is 3.51. The molecule has 16 heteroatoms. The van der Waals surface area contributed by atoms with E-state index in [0.717, 1.165) is 4.90 Å². The Morgan fingerprint density at radius 1 is 0.857 bits per heavy atom. The van der Waals surface area contributed by atoms with Gasteiger partial charge >= 0.3 is 18.1 Å². The molecule has 2 N–H and O–H groups in total. The van der Waals surface area contributed by atoms with E-state index in [2.05, 4.69) is 10.6 Å². The Labute approximate surface area is 281 Å². The number of nitrogens with zero attached hydrogens (tertiary/aromatic N) is 2. The number of hydrogen-bond donors (Lipinski definition) is 2. The van der Waals surface area contributed by atoms with Crippen LogP contribution in [0, 0.1) is 17.8 Å². The van der Waals surface area contributed by atoms with Crippen LogP contribution in [0.4, 0.5) is 22.0 Å². The standard InChI is InChI=1S/C33H43F5N4O7/c1-18(2)24(39-27(43)21-9-11-22(12-10-21)30(46)41-14-16-48-17-15-41)29(45)40-28(44)23-8-7-13-42(23)25(19(3)4)26(49-31(47)20(5)6)32(34,35)33(36,37)38/h9-12,18-20,23-24H,7-8,13-17H2,1-6H3,(H,39,43)(H,40,44,45)/b26-25+/t23-,24-/m0/s1. The molecule has 49 heavy (non-hydrogen) atoms. The number of hydrogen-bond acceptors (Lipinski definition) is 8. The molecule has 0 saturated carbocycles. The molecule has 1 aromatic carbocycles. The van der Waals surface area contributed by atoms with Crippen LogP contribution in [-0.4, -0.2) is 96.4 Å². The fraction of sp³-hybridized carbons (Fsp3) is 0.606. The van der Waals surface area contributed by atoms with Crippen LogP contribution in [0.1, 0.15) is 75.1 Å². The molecule has 0 spiro atoms. The zero-order chi connectivity index (χ0) is 36.8. The number of rotatable bonds is 11. The summed E-state index contributed by atoms with van der Waals surface area (Å²) in [4.78, 5) is 67.5. The van der Waals surface area contributed by atoms with Crippen LogP contribution >= 0.6 is 0 Å². The van der Waals surface area contributed by atoms with Crippen molar-refractivity contribution in [3.8, 4) is 0 Å². The normalized spacial score (nSPS) is 18.4. The third-order valence-electron chi connectivity index (χ3n) is 8.13. The van der Waals surface area contributed by atoms with E-state index in [1.54, 1.807) is 18.7 Å². The Morgan fingerprint density at radius 2 is 1.43 bits per heavy atom. The number of morpholine rings is 1. The molecule has 0 aromatic heterocycles. The van der Waals surface area contributed by atoms with E-state index < -0.39 is 77.1 Å². The van der Waals surface area contributed by atoms with Gasteiger partial charge in [0, 0.05) is 30.8 Å². The maximum atomic E-state index is 14.9. The first-order valence-corrected chi connectivity index (χ1v) is 16.1. The van der Waals surface area contributed by atoms with Gasteiger partial charge in [-0.05, 0) is 48.9 Å². The molecular formula is C33H43F5N4O7. The molecular weight excluding hydrogens is 659 g/mol. The van der Waals surface area contributed by atoms with Crippen molar-refractivity contribution in [3.63, 3.8) is 0 Å². The van der Waals surface area contributed by atoms with Gasteiger partial charge in [0.15, 0.2) is 0 Å². The Kier molecular flexibility index (Phi) is 12.9. The minimum absolute atomic E-state index is 0.00739. The van der Waals surface area contributed by atoms with Crippen LogP contribution in [-0.2, 0) is 23.9 Å². The monoisotopic (exact) mass is 702 g/mol. The number of carbonyl (C=O) groups excluding carboxylic acids is 5. The number of nitrogens with one attached hydrogen (secondary N) is 2. The van der Waals surface area contributed by atoms with Gasteiger partial charge in [0.1, 0.15) is 12.1 Å². The van der Waals surface area contributed by atoms with Gasteiger partial charge in [-0.25, -0.2) is 0 Å². The number of benzene rings is 1. The summed E-state index contributed by atoms with van der Waals surface area (Å²) in [6.45, 7) is 9.97. The number of likely N-dealkylation sites (tertiary alicyclic amines) is 1. The van der Waals surface area contributed by atoms with Gasteiger partial charge < -0.3 is 24.6 Å². The molecule has 2 aliphatic heterocycles. The van der Waals surface area contributed by atoms with Gasteiger partial charge in [-0.3, -0.25) is 29.3 Å². The van der Waals surface area contributed by atoms with Gasteiger partial charge in [-0.15, -0.1) is 0 Å². The van der Waals surface area contributed by atoms with E-state index >= 15 is 0 Å². The molecule has 4 amide bonds. The molecule has 3 rings (SSSR count).